The minimum Gasteiger partial charge on any atom is -0.353 e. The molecule has 0 rings (SSSR count). The van der Waals surface area contributed by atoms with Gasteiger partial charge in [0.2, 0.25) is 5.91 Å². The van der Waals surface area contributed by atoms with Gasteiger partial charge >= 0.3 is 0 Å². The first kappa shape index (κ1) is 15.4. The van der Waals surface area contributed by atoms with Gasteiger partial charge in [0.15, 0.2) is 0 Å². The molecule has 0 spiro atoms. The Morgan fingerprint density at radius 1 is 1.38 bits per heavy atom. The smallest absolute Gasteiger partial charge is 0.234 e. The van der Waals surface area contributed by atoms with E-state index in [1.54, 1.807) is 0 Å². The number of sulfone groups is 1. The fourth-order valence-corrected chi connectivity index (χ4v) is 1.76. The van der Waals surface area contributed by atoms with Crippen molar-refractivity contribution in [3.63, 3.8) is 0 Å². The Morgan fingerprint density at radius 2 is 2.00 bits per heavy atom. The first-order valence-electron chi connectivity index (χ1n) is 5.53. The highest BCUT2D eigenvalue weighted by Crippen LogP contribution is 1.88. The van der Waals surface area contributed by atoms with Crippen molar-refractivity contribution in [3.8, 4) is 0 Å². The Bertz CT molecular complexity index is 301. The second-order valence-electron chi connectivity index (χ2n) is 4.04. The number of hydrogen-bond donors (Lipinski definition) is 2. The number of carbonyl (C=O) groups excluding carboxylic acids is 1. The molecule has 0 radical (unpaired) electrons. The van der Waals surface area contributed by atoms with Crippen molar-refractivity contribution in [3.05, 3.63) is 0 Å². The molecule has 2 N–H and O–H groups in total. The summed E-state index contributed by atoms with van der Waals surface area (Å²) in [6, 6.07) is 0.185. The monoisotopic (exact) mass is 250 g/mol. The van der Waals surface area contributed by atoms with Crippen LogP contribution in [0.4, 0.5) is 0 Å². The molecule has 0 fully saturated rings. The van der Waals surface area contributed by atoms with Crippen LogP contribution in [0.3, 0.4) is 0 Å². The second-order valence-corrected chi connectivity index (χ2v) is 6.30. The summed E-state index contributed by atoms with van der Waals surface area (Å²) in [5.74, 6) is 0.112. The molecule has 0 saturated heterocycles. The molecular formula is C10H22N2O3S. The fourth-order valence-electron chi connectivity index (χ4n) is 1.09. The lowest BCUT2D eigenvalue weighted by atomic mass is 10.2. The highest BCUT2D eigenvalue weighted by Gasteiger charge is 2.05. The fraction of sp³-hybridized carbons (Fsp3) is 0.900. The van der Waals surface area contributed by atoms with Gasteiger partial charge in [0.05, 0.1) is 12.3 Å². The van der Waals surface area contributed by atoms with E-state index in [1.807, 2.05) is 13.8 Å². The standard InChI is InChI=1S/C10H22N2O3S/c1-4-9(2)12-10(13)8-11-6-5-7-16(3,14)15/h9,11H,4-8H2,1-3H3,(H,12,13). The summed E-state index contributed by atoms with van der Waals surface area (Å²) in [7, 11) is -2.89. The van der Waals surface area contributed by atoms with Crippen molar-refractivity contribution in [2.24, 2.45) is 0 Å². The van der Waals surface area contributed by atoms with Crippen LogP contribution in [-0.4, -0.2) is 45.5 Å². The van der Waals surface area contributed by atoms with Crippen molar-refractivity contribution >= 4 is 15.7 Å². The van der Waals surface area contributed by atoms with Crippen LogP contribution in [0.2, 0.25) is 0 Å². The van der Waals surface area contributed by atoms with E-state index in [1.165, 1.54) is 6.26 Å². The van der Waals surface area contributed by atoms with Crippen LogP contribution >= 0.6 is 0 Å². The Kier molecular flexibility index (Phi) is 7.33. The zero-order chi connectivity index (χ0) is 12.6. The third-order valence-electron chi connectivity index (χ3n) is 2.17. The lowest BCUT2D eigenvalue weighted by Gasteiger charge is -2.11. The molecule has 0 aromatic carbocycles. The van der Waals surface area contributed by atoms with E-state index >= 15 is 0 Å². The van der Waals surface area contributed by atoms with Crippen molar-refractivity contribution < 1.29 is 13.2 Å². The molecule has 1 amide bonds. The van der Waals surface area contributed by atoms with Gasteiger partial charge < -0.3 is 10.6 Å². The van der Waals surface area contributed by atoms with Crippen molar-refractivity contribution in [1.29, 1.82) is 0 Å². The molecule has 0 aliphatic rings. The maximum Gasteiger partial charge on any atom is 0.234 e. The lowest BCUT2D eigenvalue weighted by Crippen LogP contribution is -2.39. The molecule has 1 atom stereocenters. The Morgan fingerprint density at radius 3 is 2.50 bits per heavy atom. The first-order valence-corrected chi connectivity index (χ1v) is 7.59. The summed E-state index contributed by atoms with van der Waals surface area (Å²) in [6.45, 7) is 4.74. The molecule has 16 heavy (non-hydrogen) atoms. The molecule has 1 unspecified atom stereocenters. The van der Waals surface area contributed by atoms with Crippen LogP contribution in [0.15, 0.2) is 0 Å². The molecular weight excluding hydrogens is 228 g/mol. The second kappa shape index (κ2) is 7.62. The van der Waals surface area contributed by atoms with Gasteiger partial charge in [0.1, 0.15) is 9.84 Å². The maximum absolute atomic E-state index is 11.3. The summed E-state index contributed by atoms with van der Waals surface area (Å²) in [4.78, 5) is 11.3. The highest BCUT2D eigenvalue weighted by atomic mass is 32.2. The Hall–Kier alpha value is -0.620. The van der Waals surface area contributed by atoms with Crippen LogP contribution in [0.5, 0.6) is 0 Å². The minimum absolute atomic E-state index is 0.0475. The van der Waals surface area contributed by atoms with Gasteiger partial charge in [0.25, 0.3) is 0 Å². The van der Waals surface area contributed by atoms with Crippen LogP contribution in [-0.2, 0) is 14.6 Å². The first-order chi connectivity index (χ1) is 7.35. The van der Waals surface area contributed by atoms with E-state index in [0.717, 1.165) is 6.42 Å². The van der Waals surface area contributed by atoms with Crippen LogP contribution in [0, 0.1) is 0 Å². The van der Waals surface area contributed by atoms with E-state index in [9.17, 15) is 13.2 Å². The summed E-state index contributed by atoms with van der Waals surface area (Å²) >= 11 is 0. The number of nitrogens with one attached hydrogen (secondary N) is 2. The number of rotatable bonds is 8. The van der Waals surface area contributed by atoms with Crippen molar-refractivity contribution in [2.45, 2.75) is 32.7 Å². The van der Waals surface area contributed by atoms with Crippen molar-refractivity contribution in [2.75, 3.05) is 25.1 Å². The van der Waals surface area contributed by atoms with Gasteiger partial charge in [-0.05, 0) is 26.3 Å². The predicted molar refractivity (Wildman–Crippen MR) is 65.1 cm³/mol. The Balaban J connectivity index is 3.49. The average molecular weight is 250 g/mol. The highest BCUT2D eigenvalue weighted by molar-refractivity contribution is 7.90. The van der Waals surface area contributed by atoms with Crippen LogP contribution < -0.4 is 10.6 Å². The molecule has 0 bridgehead atoms. The molecule has 5 nitrogen and oxygen atoms in total. The SMILES string of the molecule is CCC(C)NC(=O)CNCCCS(C)(=O)=O. The van der Waals surface area contributed by atoms with Gasteiger partial charge in [-0.2, -0.15) is 0 Å². The largest absolute Gasteiger partial charge is 0.353 e. The zero-order valence-corrected chi connectivity index (χ0v) is 11.1. The number of carbonyl (C=O) groups is 1. The average Bonchev–Trinajstić information content (AvgIpc) is 2.15. The molecule has 0 aromatic heterocycles. The topological polar surface area (TPSA) is 75.3 Å². The van der Waals surface area contributed by atoms with E-state index in [2.05, 4.69) is 10.6 Å². The Labute approximate surface area is 97.9 Å². The van der Waals surface area contributed by atoms with Gasteiger partial charge in [-0.15, -0.1) is 0 Å². The molecule has 0 heterocycles. The van der Waals surface area contributed by atoms with Gasteiger partial charge in [-0.25, -0.2) is 8.42 Å². The maximum atomic E-state index is 11.3. The number of hydrogen-bond acceptors (Lipinski definition) is 4. The summed E-state index contributed by atoms with van der Waals surface area (Å²) < 4.78 is 21.6. The summed E-state index contributed by atoms with van der Waals surface area (Å²) in [5, 5.41) is 5.73. The molecule has 0 saturated carbocycles. The normalized spacial score (nSPS) is 13.4. The summed E-state index contributed by atoms with van der Waals surface area (Å²) in [6.07, 6.45) is 2.65. The van der Waals surface area contributed by atoms with E-state index in [4.69, 9.17) is 0 Å². The van der Waals surface area contributed by atoms with Crippen LogP contribution in [0.1, 0.15) is 26.7 Å². The molecule has 0 aliphatic carbocycles. The van der Waals surface area contributed by atoms with E-state index < -0.39 is 9.84 Å². The molecule has 96 valence electrons. The quantitative estimate of drug-likeness (QED) is 0.591. The van der Waals surface area contributed by atoms with Gasteiger partial charge in [-0.1, -0.05) is 6.92 Å². The van der Waals surface area contributed by atoms with Crippen molar-refractivity contribution in [1.82, 2.24) is 10.6 Å². The predicted octanol–water partition coefficient (Wildman–Crippen LogP) is -0.0746. The van der Waals surface area contributed by atoms with E-state index in [0.29, 0.717) is 13.0 Å². The zero-order valence-electron chi connectivity index (χ0n) is 10.2. The molecule has 0 aliphatic heterocycles. The van der Waals surface area contributed by atoms with Gasteiger partial charge in [0, 0.05) is 12.3 Å². The molecule has 0 aromatic rings. The van der Waals surface area contributed by atoms with Crippen LogP contribution in [0.25, 0.3) is 0 Å². The van der Waals surface area contributed by atoms with Gasteiger partial charge in [-0.3, -0.25) is 4.79 Å². The summed E-state index contributed by atoms with van der Waals surface area (Å²) in [5.41, 5.74) is 0. The third kappa shape index (κ3) is 9.92. The number of amides is 1. The van der Waals surface area contributed by atoms with E-state index in [-0.39, 0.29) is 24.2 Å². The molecule has 6 heteroatoms. The lowest BCUT2D eigenvalue weighted by molar-refractivity contribution is -0.120. The minimum atomic E-state index is -2.89. The third-order valence-corrected chi connectivity index (χ3v) is 3.20.